The Kier molecular flexibility index (Phi) is 5.94. The molecule has 0 saturated carbocycles. The summed E-state index contributed by atoms with van der Waals surface area (Å²) in [6.45, 7) is 0.590. The van der Waals surface area contributed by atoms with Crippen LogP contribution in [0.15, 0.2) is 53.8 Å². The number of hydrogen-bond acceptors (Lipinski definition) is 6. The lowest BCUT2D eigenvalue weighted by atomic mass is 10.2. The van der Waals surface area contributed by atoms with E-state index in [1.807, 2.05) is 28.8 Å². The topological polar surface area (TPSA) is 85.6 Å². The molecule has 0 saturated heterocycles. The van der Waals surface area contributed by atoms with Crippen LogP contribution in [-0.4, -0.2) is 33.1 Å². The maximum absolute atomic E-state index is 12.4. The lowest BCUT2D eigenvalue weighted by Gasteiger charge is -2.09. The molecule has 1 aliphatic heterocycles. The summed E-state index contributed by atoms with van der Waals surface area (Å²) in [5, 5.41) is 13.6. The van der Waals surface area contributed by atoms with Crippen LogP contribution in [0, 0.1) is 0 Å². The molecule has 0 radical (unpaired) electrons. The number of nitrogens with one attached hydrogen (secondary N) is 1. The fourth-order valence-electron chi connectivity index (χ4n) is 2.84. The van der Waals surface area contributed by atoms with Gasteiger partial charge in [-0.15, -0.1) is 0 Å². The van der Waals surface area contributed by atoms with Gasteiger partial charge in [0.25, 0.3) is 0 Å². The minimum absolute atomic E-state index is 0.162. The molecule has 2 heterocycles. The Morgan fingerprint density at radius 1 is 1.21 bits per heavy atom. The summed E-state index contributed by atoms with van der Waals surface area (Å²) < 4.78 is 12.5. The molecule has 1 aromatic heterocycles. The zero-order chi connectivity index (χ0) is 20.2. The van der Waals surface area contributed by atoms with E-state index in [0.29, 0.717) is 39.6 Å². The second-order valence-corrected chi connectivity index (χ2v) is 7.71. The molecule has 0 bridgehead atoms. The van der Waals surface area contributed by atoms with Gasteiger partial charge in [-0.3, -0.25) is 4.79 Å². The Morgan fingerprint density at radius 2 is 2.00 bits per heavy atom. The summed E-state index contributed by atoms with van der Waals surface area (Å²) in [4.78, 5) is 16.8. The fourth-order valence-corrected chi connectivity index (χ4v) is 3.77. The van der Waals surface area contributed by atoms with Crippen molar-refractivity contribution in [1.29, 1.82) is 0 Å². The molecule has 1 aliphatic rings. The van der Waals surface area contributed by atoms with Crippen molar-refractivity contribution in [2.45, 2.75) is 18.3 Å². The van der Waals surface area contributed by atoms with E-state index in [1.54, 1.807) is 24.4 Å². The number of thioether (sulfide) groups is 1. The molecule has 4 rings (SSSR count). The third kappa shape index (κ3) is 4.84. The van der Waals surface area contributed by atoms with E-state index in [4.69, 9.17) is 21.1 Å². The molecule has 2 aromatic carbocycles. The molecule has 3 aromatic rings. The number of fused-ring (bicyclic) bond motifs is 1. The third-order valence-electron chi connectivity index (χ3n) is 4.21. The molecule has 0 unspecified atom stereocenters. The van der Waals surface area contributed by atoms with Gasteiger partial charge >= 0.3 is 0 Å². The number of aliphatic hydroxyl groups is 1. The van der Waals surface area contributed by atoms with Crippen molar-refractivity contribution >= 4 is 35.0 Å². The third-order valence-corrected chi connectivity index (χ3v) is 5.45. The van der Waals surface area contributed by atoms with E-state index in [9.17, 15) is 9.90 Å². The number of imidazole rings is 1. The molecule has 0 fully saturated rings. The number of ether oxygens (including phenoxy) is 2. The van der Waals surface area contributed by atoms with Crippen LogP contribution < -0.4 is 14.8 Å². The monoisotopic (exact) mass is 431 g/mol. The number of rotatable bonds is 7. The first kappa shape index (κ1) is 19.6. The minimum Gasteiger partial charge on any atom is -0.454 e. The maximum Gasteiger partial charge on any atom is 0.234 e. The lowest BCUT2D eigenvalue weighted by Crippen LogP contribution is -2.14. The number of halogens is 1. The summed E-state index contributed by atoms with van der Waals surface area (Å²) in [5.74, 6) is 1.29. The number of nitrogens with zero attached hydrogens (tertiary/aromatic N) is 2. The molecule has 0 atom stereocenters. The quantitative estimate of drug-likeness (QED) is 0.556. The number of hydrogen-bond donors (Lipinski definition) is 2. The number of benzene rings is 2. The van der Waals surface area contributed by atoms with Crippen molar-refractivity contribution in [3.05, 3.63) is 64.9 Å². The molecule has 9 heteroatoms. The predicted molar refractivity (Wildman–Crippen MR) is 111 cm³/mol. The number of carbonyl (C=O) groups excluding carboxylic acids is 1. The lowest BCUT2D eigenvalue weighted by molar-refractivity contribution is -0.113. The highest BCUT2D eigenvalue weighted by atomic mass is 35.5. The summed E-state index contributed by atoms with van der Waals surface area (Å²) in [6, 6.07) is 12.8. The number of anilines is 1. The van der Waals surface area contributed by atoms with Crippen molar-refractivity contribution in [1.82, 2.24) is 9.55 Å². The van der Waals surface area contributed by atoms with Gasteiger partial charge in [-0.25, -0.2) is 4.98 Å². The average Bonchev–Trinajstić information content (AvgIpc) is 3.34. The summed E-state index contributed by atoms with van der Waals surface area (Å²) in [5.41, 5.74) is 2.24. The summed E-state index contributed by atoms with van der Waals surface area (Å²) in [6.07, 6.45) is 1.78. The Balaban J connectivity index is 1.40. The summed E-state index contributed by atoms with van der Waals surface area (Å²) >= 11 is 7.24. The number of amides is 1. The van der Waals surface area contributed by atoms with Gasteiger partial charge in [0.15, 0.2) is 16.7 Å². The van der Waals surface area contributed by atoms with E-state index < -0.39 is 0 Å². The van der Waals surface area contributed by atoms with E-state index in [2.05, 4.69) is 10.3 Å². The molecular weight excluding hydrogens is 414 g/mol. The van der Waals surface area contributed by atoms with Crippen LogP contribution in [0.25, 0.3) is 0 Å². The minimum atomic E-state index is -0.166. The van der Waals surface area contributed by atoms with Crippen LogP contribution in [0.5, 0.6) is 11.5 Å². The van der Waals surface area contributed by atoms with Crippen LogP contribution in [0.1, 0.15) is 11.3 Å². The normalized spacial score (nSPS) is 12.2. The Hall–Kier alpha value is -2.68. The molecule has 29 heavy (non-hydrogen) atoms. The Bertz CT molecular complexity index is 1020. The highest BCUT2D eigenvalue weighted by Crippen LogP contribution is 2.34. The highest BCUT2D eigenvalue weighted by Gasteiger charge is 2.15. The van der Waals surface area contributed by atoms with Crippen molar-refractivity contribution in [3.8, 4) is 11.5 Å². The standard InChI is InChI=1S/C20H18ClN3O4S/c21-14-3-1-13(2-4-14)8-24-9-16(10-25)23-20(24)29-11-19(26)22-15-5-6-17-18(7-15)28-12-27-17/h1-7,9,25H,8,10-12H2,(H,22,26). The number of aromatic nitrogens is 2. The number of carbonyl (C=O) groups is 1. The van der Waals surface area contributed by atoms with Crippen molar-refractivity contribution in [3.63, 3.8) is 0 Å². The smallest absolute Gasteiger partial charge is 0.234 e. The van der Waals surface area contributed by atoms with Crippen LogP contribution in [0.2, 0.25) is 5.02 Å². The van der Waals surface area contributed by atoms with Gasteiger partial charge in [-0.05, 0) is 29.8 Å². The van der Waals surface area contributed by atoms with Crippen LogP contribution in [-0.2, 0) is 17.9 Å². The molecular formula is C20H18ClN3O4S. The zero-order valence-corrected chi connectivity index (χ0v) is 16.9. The van der Waals surface area contributed by atoms with Gasteiger partial charge in [0.05, 0.1) is 18.1 Å². The molecule has 1 amide bonds. The number of aliphatic hydroxyl groups excluding tert-OH is 1. The largest absolute Gasteiger partial charge is 0.454 e. The van der Waals surface area contributed by atoms with Crippen LogP contribution in [0.4, 0.5) is 5.69 Å². The first-order valence-corrected chi connectivity index (χ1v) is 10.2. The first-order valence-electron chi connectivity index (χ1n) is 8.84. The molecule has 0 spiro atoms. The maximum atomic E-state index is 12.4. The van der Waals surface area contributed by atoms with E-state index >= 15 is 0 Å². The first-order chi connectivity index (χ1) is 14.1. The van der Waals surface area contributed by atoms with Crippen molar-refractivity contribution < 1.29 is 19.4 Å². The van der Waals surface area contributed by atoms with Gasteiger partial charge in [-0.2, -0.15) is 0 Å². The molecule has 7 nitrogen and oxygen atoms in total. The molecule has 2 N–H and O–H groups in total. The predicted octanol–water partition coefficient (Wildman–Crippen LogP) is 3.54. The van der Waals surface area contributed by atoms with E-state index in [-0.39, 0.29) is 25.1 Å². The Morgan fingerprint density at radius 3 is 2.79 bits per heavy atom. The van der Waals surface area contributed by atoms with E-state index in [0.717, 1.165) is 5.56 Å². The average molecular weight is 432 g/mol. The second kappa shape index (κ2) is 8.77. The van der Waals surface area contributed by atoms with Gasteiger partial charge in [-0.1, -0.05) is 35.5 Å². The summed E-state index contributed by atoms with van der Waals surface area (Å²) in [7, 11) is 0. The van der Waals surface area contributed by atoms with Crippen LogP contribution >= 0.6 is 23.4 Å². The SMILES string of the molecule is O=C(CSc1nc(CO)cn1Cc1ccc(Cl)cc1)Nc1ccc2c(c1)OCO2. The van der Waals surface area contributed by atoms with Crippen molar-refractivity contribution in [2.24, 2.45) is 0 Å². The molecule has 150 valence electrons. The van der Waals surface area contributed by atoms with Gasteiger partial charge in [0, 0.05) is 29.5 Å². The van der Waals surface area contributed by atoms with Gasteiger partial charge in [0.2, 0.25) is 12.7 Å². The second-order valence-electron chi connectivity index (χ2n) is 6.33. The Labute approximate surface area is 176 Å². The van der Waals surface area contributed by atoms with Crippen LogP contribution in [0.3, 0.4) is 0 Å². The van der Waals surface area contributed by atoms with Gasteiger partial charge in [0.1, 0.15) is 0 Å². The van der Waals surface area contributed by atoms with Crippen molar-refractivity contribution in [2.75, 3.05) is 17.9 Å². The van der Waals surface area contributed by atoms with E-state index in [1.165, 1.54) is 11.8 Å². The molecule has 0 aliphatic carbocycles. The van der Waals surface area contributed by atoms with Gasteiger partial charge < -0.3 is 24.5 Å². The zero-order valence-electron chi connectivity index (χ0n) is 15.3. The fraction of sp³-hybridized carbons (Fsp3) is 0.200. The highest BCUT2D eigenvalue weighted by molar-refractivity contribution is 7.99.